The van der Waals surface area contributed by atoms with Crippen LogP contribution >= 0.6 is 0 Å². The van der Waals surface area contributed by atoms with Gasteiger partial charge in [0.25, 0.3) is 0 Å². The molecular formula is C12H17NO4S. The Bertz CT molecular complexity index is 464. The summed E-state index contributed by atoms with van der Waals surface area (Å²) < 4.78 is 24.8. The second-order valence-corrected chi connectivity index (χ2v) is 5.42. The lowest BCUT2D eigenvalue weighted by Crippen LogP contribution is -2.34. The Labute approximate surface area is 107 Å². The maximum absolute atomic E-state index is 11.9. The van der Waals surface area contributed by atoms with Crippen LogP contribution in [0, 0.1) is 0 Å². The van der Waals surface area contributed by atoms with Gasteiger partial charge in [-0.05, 0) is 11.6 Å². The van der Waals surface area contributed by atoms with E-state index in [4.69, 9.17) is 10.2 Å². The first-order valence-electron chi connectivity index (χ1n) is 5.55. The smallest absolute Gasteiger partial charge is 0.236 e. The molecule has 0 atom stereocenters. The minimum atomic E-state index is -3.61. The zero-order chi connectivity index (χ0) is 13.4. The fourth-order valence-corrected chi connectivity index (χ4v) is 2.58. The summed E-state index contributed by atoms with van der Waals surface area (Å²) in [7, 11) is -3.61. The monoisotopic (exact) mass is 271 g/mol. The molecule has 5 nitrogen and oxygen atoms in total. The molecule has 0 aliphatic heterocycles. The van der Waals surface area contributed by atoms with Crippen molar-refractivity contribution in [1.82, 2.24) is 4.31 Å². The number of rotatable bonds is 7. The number of aliphatic hydroxyl groups is 2. The van der Waals surface area contributed by atoms with Gasteiger partial charge in [0.15, 0.2) is 0 Å². The van der Waals surface area contributed by atoms with E-state index in [0.717, 1.165) is 15.3 Å². The molecule has 0 radical (unpaired) electrons. The molecule has 1 aromatic carbocycles. The summed E-state index contributed by atoms with van der Waals surface area (Å²) in [6.45, 7) is -0.610. The van der Waals surface area contributed by atoms with Crippen molar-refractivity contribution < 1.29 is 18.6 Å². The number of hydrogen-bond acceptors (Lipinski definition) is 4. The molecule has 0 saturated carbocycles. The Morgan fingerprint density at radius 1 is 1.06 bits per heavy atom. The highest BCUT2D eigenvalue weighted by molar-refractivity contribution is 7.92. The maximum Gasteiger partial charge on any atom is 0.236 e. The summed E-state index contributed by atoms with van der Waals surface area (Å²) in [5, 5.41) is 18.7. The Morgan fingerprint density at radius 2 is 1.61 bits per heavy atom. The molecule has 18 heavy (non-hydrogen) atoms. The van der Waals surface area contributed by atoms with Crippen LogP contribution in [0.5, 0.6) is 0 Å². The molecule has 1 rings (SSSR count). The second kappa shape index (κ2) is 7.27. The SMILES string of the molecule is O=S(=O)(C=Cc1ccccc1)N(CCO)CCO. The van der Waals surface area contributed by atoms with Crippen LogP contribution in [0.4, 0.5) is 0 Å². The molecular weight excluding hydrogens is 254 g/mol. The van der Waals surface area contributed by atoms with Gasteiger partial charge in [-0.2, -0.15) is 4.31 Å². The lowest BCUT2D eigenvalue weighted by molar-refractivity contribution is 0.218. The normalized spacial score (nSPS) is 12.4. The van der Waals surface area contributed by atoms with Gasteiger partial charge in [-0.15, -0.1) is 0 Å². The molecule has 100 valence electrons. The Balaban J connectivity index is 2.82. The third-order valence-electron chi connectivity index (χ3n) is 2.29. The Morgan fingerprint density at radius 3 is 2.11 bits per heavy atom. The van der Waals surface area contributed by atoms with Gasteiger partial charge < -0.3 is 10.2 Å². The van der Waals surface area contributed by atoms with Crippen molar-refractivity contribution in [3.63, 3.8) is 0 Å². The molecule has 0 unspecified atom stereocenters. The molecule has 0 aromatic heterocycles. The maximum atomic E-state index is 11.9. The summed E-state index contributed by atoms with van der Waals surface area (Å²) in [5.41, 5.74) is 0.772. The Hall–Kier alpha value is -1.21. The summed E-state index contributed by atoms with van der Waals surface area (Å²) >= 11 is 0. The van der Waals surface area contributed by atoms with Crippen molar-refractivity contribution in [3.05, 3.63) is 41.3 Å². The number of hydrogen-bond donors (Lipinski definition) is 2. The van der Waals surface area contributed by atoms with Gasteiger partial charge in [-0.1, -0.05) is 30.3 Å². The zero-order valence-corrected chi connectivity index (χ0v) is 10.8. The third-order valence-corrected chi connectivity index (χ3v) is 3.86. The van der Waals surface area contributed by atoms with Crippen molar-refractivity contribution >= 4 is 16.1 Å². The van der Waals surface area contributed by atoms with Gasteiger partial charge in [0, 0.05) is 18.5 Å². The van der Waals surface area contributed by atoms with Gasteiger partial charge in [0.1, 0.15) is 0 Å². The van der Waals surface area contributed by atoms with E-state index in [9.17, 15) is 8.42 Å². The summed E-state index contributed by atoms with van der Waals surface area (Å²) in [6.07, 6.45) is 1.48. The molecule has 0 bridgehead atoms. The first-order valence-corrected chi connectivity index (χ1v) is 7.05. The third kappa shape index (κ3) is 4.58. The second-order valence-electron chi connectivity index (χ2n) is 3.60. The number of nitrogens with zero attached hydrogens (tertiary/aromatic N) is 1. The molecule has 0 spiro atoms. The van der Waals surface area contributed by atoms with E-state index in [2.05, 4.69) is 0 Å². The van der Waals surface area contributed by atoms with E-state index in [1.54, 1.807) is 12.1 Å². The lowest BCUT2D eigenvalue weighted by atomic mass is 10.2. The lowest BCUT2D eigenvalue weighted by Gasteiger charge is -2.17. The van der Waals surface area contributed by atoms with Gasteiger partial charge in [0.2, 0.25) is 10.0 Å². The quantitative estimate of drug-likeness (QED) is 0.746. The number of benzene rings is 1. The molecule has 2 N–H and O–H groups in total. The van der Waals surface area contributed by atoms with Crippen molar-refractivity contribution in [3.8, 4) is 0 Å². The van der Waals surface area contributed by atoms with Crippen molar-refractivity contribution in [2.24, 2.45) is 0 Å². The van der Waals surface area contributed by atoms with Gasteiger partial charge in [0.05, 0.1) is 13.2 Å². The Kier molecular flexibility index (Phi) is 6.00. The fraction of sp³-hybridized carbons (Fsp3) is 0.333. The van der Waals surface area contributed by atoms with E-state index in [1.807, 2.05) is 18.2 Å². The molecule has 6 heteroatoms. The summed E-state index contributed by atoms with van der Waals surface area (Å²) in [4.78, 5) is 0. The molecule has 0 aliphatic rings. The fourth-order valence-electron chi connectivity index (χ4n) is 1.40. The van der Waals surface area contributed by atoms with Crippen molar-refractivity contribution in [2.75, 3.05) is 26.3 Å². The largest absolute Gasteiger partial charge is 0.395 e. The van der Waals surface area contributed by atoms with E-state index >= 15 is 0 Å². The van der Waals surface area contributed by atoms with Gasteiger partial charge >= 0.3 is 0 Å². The molecule has 0 aliphatic carbocycles. The van der Waals surface area contributed by atoms with Crippen molar-refractivity contribution in [2.45, 2.75) is 0 Å². The first kappa shape index (κ1) is 14.8. The van der Waals surface area contributed by atoms with Crippen molar-refractivity contribution in [1.29, 1.82) is 0 Å². The van der Waals surface area contributed by atoms with Crippen LogP contribution in [0.15, 0.2) is 35.7 Å². The number of aliphatic hydroxyl groups excluding tert-OH is 2. The highest BCUT2D eigenvalue weighted by Gasteiger charge is 2.17. The highest BCUT2D eigenvalue weighted by Crippen LogP contribution is 2.07. The van der Waals surface area contributed by atoms with E-state index in [1.165, 1.54) is 6.08 Å². The predicted molar refractivity (Wildman–Crippen MR) is 70.1 cm³/mol. The van der Waals surface area contributed by atoms with E-state index in [0.29, 0.717) is 0 Å². The van der Waals surface area contributed by atoms with Gasteiger partial charge in [-0.25, -0.2) is 8.42 Å². The molecule has 1 aromatic rings. The van der Waals surface area contributed by atoms with E-state index < -0.39 is 10.0 Å². The minimum Gasteiger partial charge on any atom is -0.395 e. The topological polar surface area (TPSA) is 77.8 Å². The standard InChI is InChI=1S/C12H17NO4S/c14-9-7-13(8-10-15)18(16,17)11-6-12-4-2-1-3-5-12/h1-6,11,14-15H,7-10H2. The minimum absolute atomic E-state index is 0.0258. The molecule has 0 heterocycles. The highest BCUT2D eigenvalue weighted by atomic mass is 32.2. The average Bonchev–Trinajstić information content (AvgIpc) is 2.37. The summed E-state index contributed by atoms with van der Waals surface area (Å²) in [5.74, 6) is 0. The van der Waals surface area contributed by atoms with Gasteiger partial charge in [-0.3, -0.25) is 0 Å². The predicted octanol–water partition coefficient (Wildman–Crippen LogP) is 0.274. The molecule has 0 fully saturated rings. The van der Waals surface area contributed by atoms with Crippen LogP contribution < -0.4 is 0 Å². The number of sulfonamides is 1. The van der Waals surface area contributed by atoms with Crippen LogP contribution in [0.25, 0.3) is 6.08 Å². The molecule has 0 saturated heterocycles. The average molecular weight is 271 g/mol. The summed E-state index contributed by atoms with van der Waals surface area (Å²) in [6, 6.07) is 9.04. The van der Waals surface area contributed by atoms with Crippen LogP contribution in [0.2, 0.25) is 0 Å². The first-order chi connectivity index (χ1) is 8.60. The van der Waals surface area contributed by atoms with Crippen LogP contribution in [0.1, 0.15) is 5.56 Å². The van der Waals surface area contributed by atoms with Crippen LogP contribution in [-0.2, 0) is 10.0 Å². The van der Waals surface area contributed by atoms with E-state index in [-0.39, 0.29) is 26.3 Å². The zero-order valence-electron chi connectivity index (χ0n) is 9.94. The van der Waals surface area contributed by atoms with Crippen LogP contribution in [-0.4, -0.2) is 49.2 Å². The molecule has 0 amide bonds. The van der Waals surface area contributed by atoms with Crippen LogP contribution in [0.3, 0.4) is 0 Å².